The first-order chi connectivity index (χ1) is 11.9. The lowest BCUT2D eigenvalue weighted by Crippen LogP contribution is -2.21. The van der Waals surface area contributed by atoms with Gasteiger partial charge < -0.3 is 15.7 Å². The number of nitrogens with one attached hydrogen (secondary N) is 2. The van der Waals surface area contributed by atoms with Gasteiger partial charge in [0.1, 0.15) is 17.4 Å². The molecule has 7 nitrogen and oxygen atoms in total. The second-order valence-electron chi connectivity index (χ2n) is 6.21. The first-order valence-corrected chi connectivity index (χ1v) is 8.11. The number of aryl methyl sites for hydroxylation is 2. The fraction of sp³-hybridized carbons (Fsp3) is 0.333. The molecule has 0 radical (unpaired) electrons. The van der Waals surface area contributed by atoms with Crippen LogP contribution in [0.5, 0.6) is 5.75 Å². The summed E-state index contributed by atoms with van der Waals surface area (Å²) in [5, 5.41) is 15.2. The number of hydrogen-bond donors (Lipinski definition) is 3. The van der Waals surface area contributed by atoms with Crippen LogP contribution in [0.3, 0.4) is 0 Å². The van der Waals surface area contributed by atoms with E-state index in [4.69, 9.17) is 0 Å². The van der Waals surface area contributed by atoms with Gasteiger partial charge in [0.15, 0.2) is 0 Å². The normalized spacial score (nSPS) is 13.4. The van der Waals surface area contributed by atoms with Crippen LogP contribution in [0.15, 0.2) is 18.3 Å². The van der Waals surface area contributed by atoms with Crippen LogP contribution in [0.2, 0.25) is 0 Å². The summed E-state index contributed by atoms with van der Waals surface area (Å²) in [6.07, 6.45) is 3.89. The van der Waals surface area contributed by atoms with E-state index in [1.807, 2.05) is 0 Å². The highest BCUT2D eigenvalue weighted by molar-refractivity contribution is 6.07. The summed E-state index contributed by atoms with van der Waals surface area (Å²) in [7, 11) is 1.47. The van der Waals surface area contributed by atoms with E-state index >= 15 is 0 Å². The zero-order chi connectivity index (χ0) is 18.1. The topological polar surface area (TPSA) is 104 Å². The molecule has 1 fully saturated rings. The predicted molar refractivity (Wildman–Crippen MR) is 92.9 cm³/mol. The monoisotopic (exact) mass is 340 g/mol. The molecule has 1 heterocycles. The number of aromatic nitrogens is 2. The summed E-state index contributed by atoms with van der Waals surface area (Å²) in [6.45, 7) is 3.47. The van der Waals surface area contributed by atoms with E-state index in [1.54, 1.807) is 20.0 Å². The Kier molecular flexibility index (Phi) is 4.39. The van der Waals surface area contributed by atoms with Crippen molar-refractivity contribution in [2.24, 2.45) is 0 Å². The second-order valence-corrected chi connectivity index (χ2v) is 6.21. The van der Waals surface area contributed by atoms with Crippen molar-refractivity contribution in [2.75, 3.05) is 12.4 Å². The quantitative estimate of drug-likeness (QED) is 0.792. The number of phenolic OH excluding ortho intramolecular Hbond substituents is 1. The SMILES string of the molecule is CNC(=O)c1cc(C(=O)Nc2nc(C)ncc2C2CC2)c(C)cc1O. The summed E-state index contributed by atoms with van der Waals surface area (Å²) in [5.41, 5.74) is 1.87. The Hall–Kier alpha value is -2.96. The van der Waals surface area contributed by atoms with Gasteiger partial charge in [-0.1, -0.05) is 0 Å². The van der Waals surface area contributed by atoms with Crippen LogP contribution in [0, 0.1) is 13.8 Å². The molecule has 0 atom stereocenters. The van der Waals surface area contributed by atoms with E-state index in [-0.39, 0.29) is 17.2 Å². The number of phenols is 1. The zero-order valence-electron chi connectivity index (χ0n) is 14.4. The maximum atomic E-state index is 12.7. The molecule has 0 saturated heterocycles. The molecule has 0 unspecified atom stereocenters. The molecule has 0 spiro atoms. The smallest absolute Gasteiger partial charge is 0.257 e. The molecule has 3 rings (SSSR count). The van der Waals surface area contributed by atoms with E-state index in [0.717, 1.165) is 18.4 Å². The zero-order valence-corrected chi connectivity index (χ0v) is 14.4. The fourth-order valence-corrected chi connectivity index (χ4v) is 2.70. The average Bonchev–Trinajstić information content (AvgIpc) is 3.39. The van der Waals surface area contributed by atoms with Crippen LogP contribution in [0.1, 0.15) is 56.4 Å². The van der Waals surface area contributed by atoms with Crippen molar-refractivity contribution < 1.29 is 14.7 Å². The molecule has 1 aliphatic carbocycles. The van der Waals surface area contributed by atoms with Gasteiger partial charge in [-0.3, -0.25) is 9.59 Å². The van der Waals surface area contributed by atoms with E-state index in [2.05, 4.69) is 20.6 Å². The summed E-state index contributed by atoms with van der Waals surface area (Å²) in [5.74, 6) is 0.482. The minimum absolute atomic E-state index is 0.0551. The molecular formula is C18H20N4O3. The van der Waals surface area contributed by atoms with Gasteiger partial charge in [0.25, 0.3) is 11.8 Å². The highest BCUT2D eigenvalue weighted by Crippen LogP contribution is 2.42. The van der Waals surface area contributed by atoms with Crippen LogP contribution >= 0.6 is 0 Å². The van der Waals surface area contributed by atoms with Crippen LogP contribution < -0.4 is 10.6 Å². The molecule has 1 aromatic heterocycles. The molecule has 7 heteroatoms. The molecule has 25 heavy (non-hydrogen) atoms. The van der Waals surface area contributed by atoms with E-state index in [9.17, 15) is 14.7 Å². The van der Waals surface area contributed by atoms with Crippen molar-refractivity contribution in [3.05, 3.63) is 46.4 Å². The lowest BCUT2D eigenvalue weighted by Gasteiger charge is -2.13. The lowest BCUT2D eigenvalue weighted by molar-refractivity contribution is 0.0960. The molecular weight excluding hydrogens is 320 g/mol. The number of aromatic hydroxyl groups is 1. The summed E-state index contributed by atoms with van der Waals surface area (Å²) >= 11 is 0. The van der Waals surface area contributed by atoms with Crippen LogP contribution in [0.4, 0.5) is 5.82 Å². The number of benzene rings is 1. The van der Waals surface area contributed by atoms with Gasteiger partial charge in [0.05, 0.1) is 5.56 Å². The predicted octanol–water partition coefficient (Wildman–Crippen LogP) is 2.29. The molecule has 1 aromatic carbocycles. The van der Waals surface area contributed by atoms with Crippen molar-refractivity contribution in [3.8, 4) is 5.75 Å². The molecule has 2 aromatic rings. The van der Waals surface area contributed by atoms with Crippen molar-refractivity contribution in [2.45, 2.75) is 32.6 Å². The van der Waals surface area contributed by atoms with Gasteiger partial charge in [-0.2, -0.15) is 0 Å². The summed E-state index contributed by atoms with van der Waals surface area (Å²) in [4.78, 5) is 33.1. The number of carbonyl (C=O) groups is 2. The number of rotatable bonds is 4. The fourth-order valence-electron chi connectivity index (χ4n) is 2.70. The van der Waals surface area contributed by atoms with Gasteiger partial charge in [-0.15, -0.1) is 0 Å². The number of amides is 2. The highest BCUT2D eigenvalue weighted by Gasteiger charge is 2.28. The standard InChI is InChI=1S/C18H20N4O3/c1-9-6-15(23)13(17(24)19-3)7-12(9)18(25)22-16-14(11-4-5-11)8-20-10(2)21-16/h6-8,11,23H,4-5H2,1-3H3,(H,19,24)(H,20,21,22,25). The van der Waals surface area contributed by atoms with Crippen molar-refractivity contribution in [1.29, 1.82) is 0 Å². The molecule has 2 amide bonds. The van der Waals surface area contributed by atoms with Crippen molar-refractivity contribution >= 4 is 17.6 Å². The van der Waals surface area contributed by atoms with Crippen LogP contribution in [-0.4, -0.2) is 33.9 Å². The Morgan fingerprint density at radius 3 is 2.52 bits per heavy atom. The third-order valence-electron chi connectivity index (χ3n) is 4.25. The second kappa shape index (κ2) is 6.51. The molecule has 0 aliphatic heterocycles. The third kappa shape index (κ3) is 3.45. The van der Waals surface area contributed by atoms with Gasteiger partial charge in [0, 0.05) is 24.4 Å². The first kappa shape index (κ1) is 16.9. The lowest BCUT2D eigenvalue weighted by atomic mass is 10.0. The number of anilines is 1. The molecule has 3 N–H and O–H groups in total. The molecule has 130 valence electrons. The average molecular weight is 340 g/mol. The first-order valence-electron chi connectivity index (χ1n) is 8.11. The largest absolute Gasteiger partial charge is 0.507 e. The van der Waals surface area contributed by atoms with Gasteiger partial charge in [-0.05, 0) is 50.3 Å². The minimum atomic E-state index is -0.455. The van der Waals surface area contributed by atoms with E-state index in [0.29, 0.717) is 28.7 Å². The van der Waals surface area contributed by atoms with Crippen LogP contribution in [0.25, 0.3) is 0 Å². The molecule has 0 bridgehead atoms. The number of carbonyl (C=O) groups excluding carboxylic acids is 2. The van der Waals surface area contributed by atoms with Gasteiger partial charge in [0.2, 0.25) is 0 Å². The van der Waals surface area contributed by atoms with E-state index < -0.39 is 5.91 Å². The number of hydrogen-bond acceptors (Lipinski definition) is 5. The Morgan fingerprint density at radius 2 is 1.88 bits per heavy atom. The van der Waals surface area contributed by atoms with Gasteiger partial charge in [-0.25, -0.2) is 9.97 Å². The Morgan fingerprint density at radius 1 is 1.16 bits per heavy atom. The van der Waals surface area contributed by atoms with E-state index in [1.165, 1.54) is 19.2 Å². The minimum Gasteiger partial charge on any atom is -0.507 e. The Labute approximate surface area is 145 Å². The highest BCUT2D eigenvalue weighted by atomic mass is 16.3. The van der Waals surface area contributed by atoms with Crippen LogP contribution in [-0.2, 0) is 0 Å². The third-order valence-corrected chi connectivity index (χ3v) is 4.25. The van der Waals surface area contributed by atoms with Crippen molar-refractivity contribution in [1.82, 2.24) is 15.3 Å². The maximum absolute atomic E-state index is 12.7. The van der Waals surface area contributed by atoms with Crippen molar-refractivity contribution in [3.63, 3.8) is 0 Å². The molecule has 1 saturated carbocycles. The summed E-state index contributed by atoms with van der Waals surface area (Å²) in [6, 6.07) is 2.80. The van der Waals surface area contributed by atoms with Gasteiger partial charge >= 0.3 is 0 Å². The Balaban J connectivity index is 1.94. The molecule has 1 aliphatic rings. The Bertz CT molecular complexity index is 860. The summed E-state index contributed by atoms with van der Waals surface area (Å²) < 4.78 is 0. The maximum Gasteiger partial charge on any atom is 0.257 e. The number of nitrogens with zero attached hydrogens (tertiary/aromatic N) is 2.